The molecule has 96 valence electrons. The Morgan fingerprint density at radius 1 is 1.38 bits per heavy atom. The Balaban J connectivity index is 5.23. The minimum absolute atomic E-state index is 0.708. The highest BCUT2D eigenvalue weighted by Gasteiger charge is 2.50. The average Bonchev–Trinajstić information content (AvgIpc) is 2.22. The molecule has 0 fully saturated rings. The lowest BCUT2D eigenvalue weighted by molar-refractivity contribution is -0.146. The molecule has 0 heterocycles. The number of Topliss-reactive ketones (excluding diaryl/α,β-unsaturated/α-hetero) is 1. The summed E-state index contributed by atoms with van der Waals surface area (Å²) in [6.07, 6.45) is -4.95. The predicted octanol–water partition coefficient (Wildman–Crippen LogP) is -2.74. The zero-order chi connectivity index (χ0) is 13.1. The van der Waals surface area contributed by atoms with E-state index in [0.717, 1.165) is 6.92 Å². The summed E-state index contributed by atoms with van der Waals surface area (Å²) in [6, 6.07) is 0. The van der Waals surface area contributed by atoms with Crippen molar-refractivity contribution in [2.75, 3.05) is 6.61 Å². The summed E-state index contributed by atoms with van der Waals surface area (Å²) in [7, 11) is -5.15. The first-order valence-electron chi connectivity index (χ1n) is 4.32. The van der Waals surface area contributed by atoms with Gasteiger partial charge in [0.15, 0.2) is 0 Å². The first kappa shape index (κ1) is 15.4. The van der Waals surface area contributed by atoms with E-state index in [4.69, 9.17) is 19.9 Å². The predicted molar refractivity (Wildman–Crippen MR) is 50.9 cm³/mol. The SMILES string of the molecule is CCC(O)(C(=O)[C@@H](O)[C@H](O)CO)S(=O)(=O)O. The summed E-state index contributed by atoms with van der Waals surface area (Å²) in [6.45, 7) is 0.0852. The van der Waals surface area contributed by atoms with E-state index in [0.29, 0.717) is 0 Å². The molecule has 3 atom stereocenters. The molecule has 0 bridgehead atoms. The van der Waals surface area contributed by atoms with Crippen molar-refractivity contribution in [3.05, 3.63) is 0 Å². The Kier molecular flexibility index (Phi) is 4.98. The maximum Gasteiger partial charge on any atom is 0.302 e. The second-order valence-corrected chi connectivity index (χ2v) is 4.80. The summed E-state index contributed by atoms with van der Waals surface area (Å²) in [4.78, 5) is 8.14. The topological polar surface area (TPSA) is 152 Å². The van der Waals surface area contributed by atoms with Crippen LogP contribution in [0.1, 0.15) is 13.3 Å². The highest BCUT2D eigenvalue weighted by molar-refractivity contribution is 7.87. The Morgan fingerprint density at radius 3 is 2.06 bits per heavy atom. The molecule has 0 saturated heterocycles. The number of hydrogen-bond acceptors (Lipinski definition) is 7. The van der Waals surface area contributed by atoms with Gasteiger partial charge < -0.3 is 20.4 Å². The molecule has 0 aromatic carbocycles. The first-order valence-corrected chi connectivity index (χ1v) is 5.76. The number of carbonyl (C=O) groups excluding carboxylic acids is 1. The molecule has 0 amide bonds. The van der Waals surface area contributed by atoms with Crippen LogP contribution in [0.2, 0.25) is 0 Å². The van der Waals surface area contributed by atoms with Gasteiger partial charge in [-0.25, -0.2) is 0 Å². The molecule has 0 saturated carbocycles. The van der Waals surface area contributed by atoms with E-state index in [1.807, 2.05) is 0 Å². The molecule has 0 aromatic heterocycles. The Labute approximate surface area is 91.9 Å². The first-order chi connectivity index (χ1) is 7.11. The number of aliphatic hydroxyl groups excluding tert-OH is 3. The van der Waals surface area contributed by atoms with Crippen LogP contribution < -0.4 is 0 Å². The smallest absolute Gasteiger partial charge is 0.302 e. The van der Waals surface area contributed by atoms with E-state index in [1.165, 1.54) is 0 Å². The number of aliphatic hydroxyl groups is 4. The van der Waals surface area contributed by atoms with Crippen LogP contribution in [0.3, 0.4) is 0 Å². The third kappa shape index (κ3) is 2.75. The van der Waals surface area contributed by atoms with E-state index in [-0.39, 0.29) is 0 Å². The van der Waals surface area contributed by atoms with Gasteiger partial charge in [0, 0.05) is 0 Å². The maximum atomic E-state index is 11.3. The highest BCUT2D eigenvalue weighted by Crippen LogP contribution is 2.21. The van der Waals surface area contributed by atoms with Crippen LogP contribution in [0.4, 0.5) is 0 Å². The fraction of sp³-hybridized carbons (Fsp3) is 0.857. The molecule has 5 N–H and O–H groups in total. The second kappa shape index (κ2) is 5.17. The molecule has 0 aromatic rings. The summed E-state index contributed by atoms with van der Waals surface area (Å²) >= 11 is 0. The molecule has 1 unspecified atom stereocenters. The summed E-state index contributed by atoms with van der Waals surface area (Å²) in [5.74, 6) is -1.70. The van der Waals surface area contributed by atoms with Gasteiger partial charge in [-0.2, -0.15) is 8.42 Å². The van der Waals surface area contributed by atoms with E-state index < -0.39 is 46.1 Å². The molecule has 0 spiro atoms. The summed E-state index contributed by atoms with van der Waals surface area (Å²) in [5.41, 5.74) is 0. The van der Waals surface area contributed by atoms with Crippen molar-refractivity contribution >= 4 is 15.9 Å². The average molecular weight is 258 g/mol. The minimum atomic E-state index is -5.15. The van der Waals surface area contributed by atoms with Crippen LogP contribution in [0.25, 0.3) is 0 Å². The normalized spacial score (nSPS) is 19.9. The summed E-state index contributed by atoms with van der Waals surface area (Å²) in [5, 5.41) is 35.9. The van der Waals surface area contributed by atoms with Crippen LogP contribution in [-0.4, -0.2) is 62.9 Å². The van der Waals surface area contributed by atoms with Gasteiger partial charge in [-0.15, -0.1) is 0 Å². The number of hydrogen-bond donors (Lipinski definition) is 5. The van der Waals surface area contributed by atoms with E-state index in [2.05, 4.69) is 0 Å². The lowest BCUT2D eigenvalue weighted by Gasteiger charge is -2.25. The zero-order valence-corrected chi connectivity index (χ0v) is 9.25. The zero-order valence-electron chi connectivity index (χ0n) is 8.44. The van der Waals surface area contributed by atoms with Gasteiger partial charge in [0.2, 0.25) is 5.78 Å². The van der Waals surface area contributed by atoms with Crippen LogP contribution in [-0.2, 0) is 14.9 Å². The van der Waals surface area contributed by atoms with E-state index >= 15 is 0 Å². The number of ketones is 1. The summed E-state index contributed by atoms with van der Waals surface area (Å²) < 4.78 is 30.2. The van der Waals surface area contributed by atoms with Crippen molar-refractivity contribution in [1.29, 1.82) is 0 Å². The quantitative estimate of drug-likeness (QED) is 0.321. The van der Waals surface area contributed by atoms with Crippen molar-refractivity contribution < 1.29 is 38.2 Å². The van der Waals surface area contributed by atoms with Gasteiger partial charge in [0.05, 0.1) is 6.61 Å². The van der Waals surface area contributed by atoms with E-state index in [1.54, 1.807) is 0 Å². The van der Waals surface area contributed by atoms with Crippen molar-refractivity contribution in [2.45, 2.75) is 30.5 Å². The van der Waals surface area contributed by atoms with Crippen LogP contribution in [0.5, 0.6) is 0 Å². The van der Waals surface area contributed by atoms with Gasteiger partial charge in [-0.1, -0.05) is 6.92 Å². The molecule has 9 heteroatoms. The van der Waals surface area contributed by atoms with Crippen molar-refractivity contribution in [1.82, 2.24) is 0 Å². The molecule has 0 aliphatic heterocycles. The third-order valence-electron chi connectivity index (χ3n) is 2.11. The van der Waals surface area contributed by atoms with Gasteiger partial charge in [0.1, 0.15) is 12.2 Å². The van der Waals surface area contributed by atoms with Gasteiger partial charge in [-0.3, -0.25) is 9.35 Å². The van der Waals surface area contributed by atoms with Crippen molar-refractivity contribution in [3.8, 4) is 0 Å². The van der Waals surface area contributed by atoms with Crippen molar-refractivity contribution in [2.24, 2.45) is 0 Å². The van der Waals surface area contributed by atoms with Crippen LogP contribution in [0, 0.1) is 0 Å². The van der Waals surface area contributed by atoms with Crippen LogP contribution in [0.15, 0.2) is 0 Å². The fourth-order valence-electron chi connectivity index (χ4n) is 0.989. The third-order valence-corrected chi connectivity index (χ3v) is 3.45. The fourth-order valence-corrected chi connectivity index (χ4v) is 1.73. The lowest BCUT2D eigenvalue weighted by atomic mass is 10.0. The maximum absolute atomic E-state index is 11.3. The molecule has 0 aliphatic rings. The Hall–Kier alpha value is -0.580. The minimum Gasteiger partial charge on any atom is -0.394 e. The molecule has 8 nitrogen and oxygen atoms in total. The molecule has 0 rings (SSSR count). The molecular weight excluding hydrogens is 244 g/mol. The standard InChI is InChI=1S/C7H14O8S/c1-2-7(12,16(13,14)15)6(11)5(10)4(9)3-8/h4-5,8-10,12H,2-3H2,1H3,(H,13,14,15)/t4-,5+,7?/m1/s1. The van der Waals surface area contributed by atoms with Gasteiger partial charge in [0.25, 0.3) is 4.93 Å². The number of carbonyl (C=O) groups is 1. The molecule has 16 heavy (non-hydrogen) atoms. The van der Waals surface area contributed by atoms with Crippen molar-refractivity contribution in [3.63, 3.8) is 0 Å². The Bertz CT molecular complexity index is 349. The van der Waals surface area contributed by atoms with Crippen LogP contribution >= 0.6 is 0 Å². The van der Waals surface area contributed by atoms with E-state index in [9.17, 15) is 18.3 Å². The molecular formula is C7H14O8S. The lowest BCUT2D eigenvalue weighted by Crippen LogP contribution is -2.54. The van der Waals surface area contributed by atoms with Gasteiger partial charge in [-0.05, 0) is 6.42 Å². The highest BCUT2D eigenvalue weighted by atomic mass is 32.2. The molecule has 0 radical (unpaired) electrons. The monoisotopic (exact) mass is 258 g/mol. The largest absolute Gasteiger partial charge is 0.394 e. The number of rotatable bonds is 6. The van der Waals surface area contributed by atoms with Gasteiger partial charge >= 0.3 is 10.1 Å². The molecule has 0 aliphatic carbocycles. The Morgan fingerprint density at radius 2 is 1.81 bits per heavy atom. The second-order valence-electron chi connectivity index (χ2n) is 3.17.